The van der Waals surface area contributed by atoms with E-state index in [0.717, 1.165) is 53.7 Å². The third-order valence-corrected chi connectivity index (χ3v) is 6.34. The second-order valence-electron chi connectivity index (χ2n) is 9.21. The fourth-order valence-electron chi connectivity index (χ4n) is 4.39. The smallest absolute Gasteiger partial charge is 0.257 e. The number of nitrogens with zero attached hydrogens (tertiary/aromatic N) is 3. The van der Waals surface area contributed by atoms with Crippen LogP contribution in [0, 0.1) is 0 Å². The lowest BCUT2D eigenvalue weighted by Gasteiger charge is -2.15. The first kappa shape index (κ1) is 24.5. The van der Waals surface area contributed by atoms with Crippen LogP contribution >= 0.6 is 0 Å². The van der Waals surface area contributed by atoms with Crippen molar-refractivity contribution >= 4 is 28.4 Å². The molecule has 4 aromatic rings. The average molecular weight is 501 g/mol. The maximum Gasteiger partial charge on any atom is 0.257 e. The van der Waals surface area contributed by atoms with Crippen molar-refractivity contribution in [3.63, 3.8) is 0 Å². The van der Waals surface area contributed by atoms with Crippen LogP contribution in [-0.2, 0) is 4.79 Å². The molecule has 0 atom stereocenters. The molecule has 2 aromatic carbocycles. The molecule has 37 heavy (non-hydrogen) atoms. The summed E-state index contributed by atoms with van der Waals surface area (Å²) in [4.78, 5) is 21.7. The van der Waals surface area contributed by atoms with E-state index in [2.05, 4.69) is 27.8 Å². The zero-order valence-electron chi connectivity index (χ0n) is 21.0. The number of hydrogen-bond donors (Lipinski definition) is 3. The Morgan fingerprint density at radius 1 is 1.08 bits per heavy atom. The van der Waals surface area contributed by atoms with Gasteiger partial charge in [0.1, 0.15) is 23.1 Å². The zero-order valence-corrected chi connectivity index (χ0v) is 21.0. The summed E-state index contributed by atoms with van der Waals surface area (Å²) in [6.45, 7) is 2.70. The van der Waals surface area contributed by atoms with Crippen molar-refractivity contribution in [1.29, 1.82) is 0 Å². The fraction of sp³-hybridized carbons (Fsp3) is 0.357. The highest BCUT2D eigenvalue weighted by atomic mass is 16.5. The highest BCUT2D eigenvalue weighted by Gasteiger charge is 2.18. The van der Waals surface area contributed by atoms with E-state index in [0.29, 0.717) is 23.9 Å². The monoisotopic (exact) mass is 500 g/mol. The Hall–Kier alpha value is -4.14. The van der Waals surface area contributed by atoms with E-state index in [-0.39, 0.29) is 18.6 Å². The zero-order chi connectivity index (χ0) is 25.5. The molecule has 0 saturated heterocycles. The number of aromatic nitrogens is 4. The van der Waals surface area contributed by atoms with Crippen LogP contribution in [0.3, 0.4) is 0 Å². The second-order valence-corrected chi connectivity index (χ2v) is 9.21. The summed E-state index contributed by atoms with van der Waals surface area (Å²) >= 11 is 0. The van der Waals surface area contributed by atoms with Crippen molar-refractivity contribution in [2.45, 2.75) is 51.6 Å². The van der Waals surface area contributed by atoms with Crippen LogP contribution in [0.1, 0.15) is 45.4 Å². The van der Waals surface area contributed by atoms with Crippen molar-refractivity contribution < 1.29 is 14.3 Å². The lowest BCUT2D eigenvalue weighted by molar-refractivity contribution is -0.123. The normalized spacial score (nSPS) is 13.5. The van der Waals surface area contributed by atoms with Gasteiger partial charge in [-0.05, 0) is 62.4 Å². The Morgan fingerprint density at radius 3 is 2.78 bits per heavy atom. The summed E-state index contributed by atoms with van der Waals surface area (Å²) < 4.78 is 12.0. The Balaban J connectivity index is 1.41. The molecule has 1 fully saturated rings. The molecule has 0 bridgehead atoms. The van der Waals surface area contributed by atoms with Gasteiger partial charge in [-0.2, -0.15) is 5.10 Å². The molecular weight excluding hydrogens is 468 g/mol. The Morgan fingerprint density at radius 2 is 1.97 bits per heavy atom. The molecule has 1 aliphatic rings. The number of ether oxygens (including phenoxy) is 2. The molecular formula is C28H32N6O3. The first-order valence-electron chi connectivity index (χ1n) is 12.9. The number of unbranched alkanes of at least 4 members (excludes halogenated alkanes) is 1. The minimum atomic E-state index is -0.137. The lowest BCUT2D eigenvalue weighted by atomic mass is 10.1. The largest absolute Gasteiger partial charge is 0.490 e. The lowest BCUT2D eigenvalue weighted by Crippen LogP contribution is -2.29. The van der Waals surface area contributed by atoms with Crippen LogP contribution in [0.15, 0.2) is 54.7 Å². The molecule has 1 aliphatic carbocycles. The van der Waals surface area contributed by atoms with Gasteiger partial charge in [-0.1, -0.05) is 25.5 Å². The van der Waals surface area contributed by atoms with E-state index >= 15 is 0 Å². The molecule has 0 spiro atoms. The fourth-order valence-corrected chi connectivity index (χ4v) is 4.39. The number of benzene rings is 2. The molecule has 9 nitrogen and oxygen atoms in total. The van der Waals surface area contributed by atoms with E-state index in [1.54, 1.807) is 6.20 Å². The second kappa shape index (κ2) is 11.7. The minimum absolute atomic E-state index is 0.0395. The number of hydrogen-bond acceptors (Lipinski definition) is 7. The predicted molar refractivity (Wildman–Crippen MR) is 143 cm³/mol. The number of nitrogens with one attached hydrogen (secondary N) is 3. The van der Waals surface area contributed by atoms with Crippen LogP contribution < -0.4 is 20.1 Å². The summed E-state index contributed by atoms with van der Waals surface area (Å²) in [6.07, 6.45) is 8.52. The maximum atomic E-state index is 12.0. The minimum Gasteiger partial charge on any atom is -0.490 e. The summed E-state index contributed by atoms with van der Waals surface area (Å²) in [7, 11) is 0. The summed E-state index contributed by atoms with van der Waals surface area (Å²) in [6, 6.07) is 15.2. The van der Waals surface area contributed by atoms with E-state index in [9.17, 15) is 4.79 Å². The van der Waals surface area contributed by atoms with Gasteiger partial charge in [0.15, 0.2) is 12.4 Å². The van der Waals surface area contributed by atoms with Crippen molar-refractivity contribution in [3.05, 3.63) is 54.7 Å². The van der Waals surface area contributed by atoms with Crippen LogP contribution in [-0.4, -0.2) is 45.3 Å². The van der Waals surface area contributed by atoms with E-state index in [4.69, 9.17) is 19.4 Å². The van der Waals surface area contributed by atoms with Gasteiger partial charge in [-0.25, -0.2) is 9.97 Å². The van der Waals surface area contributed by atoms with Gasteiger partial charge < -0.3 is 20.1 Å². The Kier molecular flexibility index (Phi) is 7.78. The molecule has 9 heteroatoms. The molecule has 1 amide bonds. The molecule has 0 unspecified atom stereocenters. The topological polar surface area (TPSA) is 114 Å². The number of rotatable bonds is 11. The highest BCUT2D eigenvalue weighted by molar-refractivity contribution is 5.93. The summed E-state index contributed by atoms with van der Waals surface area (Å²) in [5.74, 6) is 3.16. The van der Waals surface area contributed by atoms with E-state index < -0.39 is 0 Å². The van der Waals surface area contributed by atoms with Crippen LogP contribution in [0.25, 0.3) is 22.3 Å². The van der Waals surface area contributed by atoms with Gasteiger partial charge in [0, 0.05) is 23.6 Å². The van der Waals surface area contributed by atoms with Crippen molar-refractivity contribution in [2.24, 2.45) is 0 Å². The number of amides is 1. The van der Waals surface area contributed by atoms with Gasteiger partial charge in [0.05, 0.1) is 17.8 Å². The number of anilines is 2. The molecule has 2 heterocycles. The average Bonchev–Trinajstić information content (AvgIpc) is 3.63. The molecule has 2 aromatic heterocycles. The van der Waals surface area contributed by atoms with Gasteiger partial charge in [0.25, 0.3) is 5.91 Å². The van der Waals surface area contributed by atoms with Gasteiger partial charge >= 0.3 is 0 Å². The number of carbonyl (C=O) groups is 1. The number of carbonyl (C=O) groups excluding carboxylic acids is 1. The van der Waals surface area contributed by atoms with Crippen molar-refractivity contribution in [1.82, 2.24) is 25.5 Å². The third kappa shape index (κ3) is 6.35. The molecule has 3 N–H and O–H groups in total. The standard InChI is InChI=1S/C28H32N6O3/c1-2-3-14-29-26(35)18-36-21-10-6-7-19(16-21)27-31-24-12-11-22(37-20-8-4-5-9-20)17-23(24)28(33-27)32-25-13-15-30-34-25/h6-7,10-13,15-17,20H,2-5,8-9,14,18H2,1H3,(H,29,35)(H2,30,31,32,33,34). The molecule has 0 aliphatic heterocycles. The van der Waals surface area contributed by atoms with E-state index in [1.807, 2.05) is 48.5 Å². The highest BCUT2D eigenvalue weighted by Crippen LogP contribution is 2.32. The third-order valence-electron chi connectivity index (χ3n) is 6.34. The molecule has 192 valence electrons. The first-order chi connectivity index (χ1) is 18.2. The van der Waals surface area contributed by atoms with Gasteiger partial charge in [-0.15, -0.1) is 0 Å². The Bertz CT molecular complexity index is 1340. The first-order valence-corrected chi connectivity index (χ1v) is 12.9. The van der Waals surface area contributed by atoms with Gasteiger partial charge in [-0.3, -0.25) is 9.89 Å². The van der Waals surface area contributed by atoms with Crippen LogP contribution in [0.2, 0.25) is 0 Å². The molecule has 0 radical (unpaired) electrons. The van der Waals surface area contributed by atoms with Crippen molar-refractivity contribution in [2.75, 3.05) is 18.5 Å². The van der Waals surface area contributed by atoms with Crippen LogP contribution in [0.4, 0.5) is 11.6 Å². The van der Waals surface area contributed by atoms with Crippen molar-refractivity contribution in [3.8, 4) is 22.9 Å². The summed E-state index contributed by atoms with van der Waals surface area (Å²) in [5, 5.41) is 14.0. The van der Waals surface area contributed by atoms with E-state index in [1.165, 1.54) is 12.8 Å². The molecule has 1 saturated carbocycles. The summed E-state index contributed by atoms with van der Waals surface area (Å²) in [5.41, 5.74) is 1.57. The molecule has 5 rings (SSSR count). The van der Waals surface area contributed by atoms with Crippen LogP contribution in [0.5, 0.6) is 11.5 Å². The Labute approximate surface area is 216 Å². The quantitative estimate of drug-likeness (QED) is 0.237. The number of H-pyrrole nitrogens is 1. The number of fused-ring (bicyclic) bond motifs is 1. The number of aromatic amines is 1. The SMILES string of the molecule is CCCCNC(=O)COc1cccc(-c2nc(Nc3ccn[nH]3)c3cc(OC4CCCC4)ccc3n2)c1. The van der Waals surface area contributed by atoms with Gasteiger partial charge in [0.2, 0.25) is 0 Å². The predicted octanol–water partition coefficient (Wildman–Crippen LogP) is 5.38. The maximum absolute atomic E-state index is 12.0.